The Morgan fingerprint density at radius 2 is 2.12 bits per heavy atom. The molecule has 8 heteroatoms. The molecule has 5 nitrogen and oxygen atoms in total. The molecule has 1 unspecified atom stereocenters. The number of rotatable bonds is 2. The standard InChI is InChI=1S/C8H7F3N2O3/c9-8(10,11)6(14)5-2-1-4(3-13-5)16-7(12)15/h1-3,6,14H,(H2,12,15). The number of alkyl halides is 3. The van der Waals surface area contributed by atoms with Crippen molar-refractivity contribution in [1.29, 1.82) is 0 Å². The molecule has 1 aromatic heterocycles. The van der Waals surface area contributed by atoms with Crippen molar-refractivity contribution in [3.63, 3.8) is 0 Å². The largest absolute Gasteiger partial charge is 0.420 e. The van der Waals surface area contributed by atoms with E-state index in [1.54, 1.807) is 0 Å². The molecular formula is C8H7F3N2O3. The number of amides is 1. The van der Waals surface area contributed by atoms with E-state index in [0.29, 0.717) is 0 Å². The van der Waals surface area contributed by atoms with E-state index < -0.39 is 24.1 Å². The van der Waals surface area contributed by atoms with Crippen molar-refractivity contribution >= 4 is 6.09 Å². The first-order valence-electron chi connectivity index (χ1n) is 3.98. The van der Waals surface area contributed by atoms with E-state index in [0.717, 1.165) is 18.3 Å². The normalized spacial score (nSPS) is 13.2. The second-order valence-corrected chi connectivity index (χ2v) is 2.78. The molecule has 1 amide bonds. The highest BCUT2D eigenvalue weighted by Crippen LogP contribution is 2.31. The third kappa shape index (κ3) is 3.09. The molecule has 0 radical (unpaired) electrons. The summed E-state index contributed by atoms with van der Waals surface area (Å²) in [5.74, 6) is -0.106. The minimum absolute atomic E-state index is 0.106. The molecule has 0 aliphatic heterocycles. The SMILES string of the molecule is NC(=O)Oc1ccc(C(O)C(F)(F)F)nc1. The van der Waals surface area contributed by atoms with Crippen LogP contribution in [-0.2, 0) is 0 Å². The van der Waals surface area contributed by atoms with E-state index in [1.807, 2.05) is 0 Å². The van der Waals surface area contributed by atoms with Gasteiger partial charge in [0.25, 0.3) is 0 Å². The van der Waals surface area contributed by atoms with Crippen LogP contribution in [0, 0.1) is 0 Å². The van der Waals surface area contributed by atoms with Crippen LogP contribution in [0.4, 0.5) is 18.0 Å². The van der Waals surface area contributed by atoms with Gasteiger partial charge in [-0.05, 0) is 12.1 Å². The van der Waals surface area contributed by atoms with Gasteiger partial charge in [0, 0.05) is 0 Å². The van der Waals surface area contributed by atoms with Gasteiger partial charge in [-0.1, -0.05) is 0 Å². The number of carbonyl (C=O) groups is 1. The molecule has 88 valence electrons. The van der Waals surface area contributed by atoms with E-state index >= 15 is 0 Å². The zero-order valence-corrected chi connectivity index (χ0v) is 7.73. The molecule has 16 heavy (non-hydrogen) atoms. The Bertz CT molecular complexity index is 377. The van der Waals surface area contributed by atoms with E-state index in [1.165, 1.54) is 0 Å². The maximum Gasteiger partial charge on any atom is 0.420 e. The highest BCUT2D eigenvalue weighted by Gasteiger charge is 2.40. The number of nitrogens with two attached hydrogens (primary N) is 1. The van der Waals surface area contributed by atoms with Crippen LogP contribution in [0.5, 0.6) is 5.75 Å². The summed E-state index contributed by atoms with van der Waals surface area (Å²) < 4.78 is 40.5. The molecule has 1 heterocycles. The van der Waals surface area contributed by atoms with Crippen LogP contribution in [0.2, 0.25) is 0 Å². The second kappa shape index (κ2) is 4.35. The maximum absolute atomic E-state index is 12.1. The Morgan fingerprint density at radius 3 is 2.50 bits per heavy atom. The number of aliphatic hydroxyl groups excluding tert-OH is 1. The van der Waals surface area contributed by atoms with Gasteiger partial charge in [0.1, 0.15) is 0 Å². The number of aliphatic hydroxyl groups is 1. The van der Waals surface area contributed by atoms with Crippen LogP contribution >= 0.6 is 0 Å². The first-order valence-corrected chi connectivity index (χ1v) is 3.98. The zero-order valence-electron chi connectivity index (χ0n) is 7.73. The summed E-state index contributed by atoms with van der Waals surface area (Å²) in [6, 6.07) is 1.93. The van der Waals surface area contributed by atoms with Crippen LogP contribution in [0.15, 0.2) is 18.3 Å². The minimum atomic E-state index is -4.79. The Kier molecular flexibility index (Phi) is 3.33. The summed E-state index contributed by atoms with van der Waals surface area (Å²) >= 11 is 0. The molecule has 0 bridgehead atoms. The molecule has 0 spiro atoms. The van der Waals surface area contributed by atoms with Crippen molar-refractivity contribution in [3.05, 3.63) is 24.0 Å². The third-order valence-corrected chi connectivity index (χ3v) is 1.57. The monoisotopic (exact) mass is 236 g/mol. The van der Waals surface area contributed by atoms with E-state index in [2.05, 4.69) is 15.5 Å². The lowest BCUT2D eigenvalue weighted by atomic mass is 10.2. The fraction of sp³-hybridized carbons (Fsp3) is 0.250. The van der Waals surface area contributed by atoms with E-state index in [-0.39, 0.29) is 5.75 Å². The number of halogens is 3. The molecular weight excluding hydrogens is 229 g/mol. The predicted molar refractivity (Wildman–Crippen MR) is 45.5 cm³/mol. The average molecular weight is 236 g/mol. The van der Waals surface area contributed by atoms with Gasteiger partial charge in [-0.25, -0.2) is 4.79 Å². The van der Waals surface area contributed by atoms with Crippen molar-refractivity contribution in [2.45, 2.75) is 12.3 Å². The summed E-state index contributed by atoms with van der Waals surface area (Å²) in [7, 11) is 0. The molecule has 0 aliphatic rings. The number of ether oxygens (including phenoxy) is 1. The smallest absolute Gasteiger partial charge is 0.409 e. The molecule has 0 aromatic carbocycles. The average Bonchev–Trinajstić information content (AvgIpc) is 2.15. The van der Waals surface area contributed by atoms with Crippen LogP contribution in [-0.4, -0.2) is 22.4 Å². The van der Waals surface area contributed by atoms with Crippen molar-refractivity contribution < 1.29 is 27.8 Å². The van der Waals surface area contributed by atoms with Gasteiger partial charge < -0.3 is 15.6 Å². The third-order valence-electron chi connectivity index (χ3n) is 1.57. The number of hydrogen-bond acceptors (Lipinski definition) is 4. The highest BCUT2D eigenvalue weighted by atomic mass is 19.4. The van der Waals surface area contributed by atoms with E-state index in [9.17, 15) is 18.0 Å². The van der Waals surface area contributed by atoms with Gasteiger partial charge >= 0.3 is 12.3 Å². The Hall–Kier alpha value is -1.83. The molecule has 1 rings (SSSR count). The van der Waals surface area contributed by atoms with Crippen molar-refractivity contribution in [2.75, 3.05) is 0 Å². The van der Waals surface area contributed by atoms with Crippen molar-refractivity contribution in [1.82, 2.24) is 4.98 Å². The Balaban J connectivity index is 2.83. The number of carbonyl (C=O) groups excluding carboxylic acids is 1. The molecule has 0 fully saturated rings. The van der Waals surface area contributed by atoms with Crippen molar-refractivity contribution in [3.8, 4) is 5.75 Å². The van der Waals surface area contributed by atoms with Crippen LogP contribution in [0.25, 0.3) is 0 Å². The number of primary amides is 1. The Labute approximate surface area is 87.7 Å². The number of nitrogens with zero attached hydrogens (tertiary/aromatic N) is 1. The lowest BCUT2D eigenvalue weighted by Crippen LogP contribution is -2.21. The molecule has 3 N–H and O–H groups in total. The highest BCUT2D eigenvalue weighted by molar-refractivity contribution is 5.67. The predicted octanol–water partition coefficient (Wildman–Crippen LogP) is 1.13. The number of pyridine rings is 1. The summed E-state index contributed by atoms with van der Waals surface area (Å²) in [6.07, 6.45) is -7.71. The van der Waals surface area contributed by atoms with Gasteiger partial charge in [0.2, 0.25) is 0 Å². The molecule has 0 aliphatic carbocycles. The van der Waals surface area contributed by atoms with Gasteiger partial charge in [0.15, 0.2) is 11.9 Å². The molecule has 1 atom stereocenters. The van der Waals surface area contributed by atoms with Gasteiger partial charge in [-0.3, -0.25) is 4.98 Å². The minimum Gasteiger partial charge on any atom is -0.409 e. The Morgan fingerprint density at radius 1 is 1.50 bits per heavy atom. The topological polar surface area (TPSA) is 85.4 Å². The summed E-state index contributed by atoms with van der Waals surface area (Å²) in [4.78, 5) is 13.6. The zero-order chi connectivity index (χ0) is 12.3. The summed E-state index contributed by atoms with van der Waals surface area (Å²) in [5, 5.41) is 8.81. The molecule has 1 aromatic rings. The maximum atomic E-state index is 12.1. The number of aromatic nitrogens is 1. The quantitative estimate of drug-likeness (QED) is 0.806. The van der Waals surface area contributed by atoms with Crippen LogP contribution in [0.1, 0.15) is 11.8 Å². The first-order chi connectivity index (χ1) is 7.30. The van der Waals surface area contributed by atoms with Gasteiger partial charge in [-0.15, -0.1) is 0 Å². The number of hydrogen-bond donors (Lipinski definition) is 2. The second-order valence-electron chi connectivity index (χ2n) is 2.78. The first kappa shape index (κ1) is 12.2. The lowest BCUT2D eigenvalue weighted by Gasteiger charge is -2.13. The fourth-order valence-corrected chi connectivity index (χ4v) is 0.898. The lowest BCUT2D eigenvalue weighted by molar-refractivity contribution is -0.207. The van der Waals surface area contributed by atoms with Crippen LogP contribution < -0.4 is 10.5 Å². The summed E-state index contributed by atoms with van der Waals surface area (Å²) in [5.41, 5.74) is 4.08. The fourth-order valence-electron chi connectivity index (χ4n) is 0.898. The van der Waals surface area contributed by atoms with Crippen molar-refractivity contribution in [2.24, 2.45) is 5.73 Å². The van der Waals surface area contributed by atoms with E-state index in [4.69, 9.17) is 5.11 Å². The van der Waals surface area contributed by atoms with Gasteiger partial charge in [0.05, 0.1) is 11.9 Å². The summed E-state index contributed by atoms with van der Waals surface area (Å²) in [6.45, 7) is 0. The molecule has 0 saturated carbocycles. The molecule has 0 saturated heterocycles. The van der Waals surface area contributed by atoms with Crippen LogP contribution in [0.3, 0.4) is 0 Å². The van der Waals surface area contributed by atoms with Gasteiger partial charge in [-0.2, -0.15) is 13.2 Å².